The molecule has 1 N–H and O–H groups in total. The SMILES string of the molecule is CC[C@H](O)C(C)(C)[C@@H](CC)OC(=O)C(=Cc1ccccc1)OCc1ccccc1. The van der Waals surface area contributed by atoms with Gasteiger partial charge in [0.15, 0.2) is 0 Å². The lowest BCUT2D eigenvalue weighted by atomic mass is 9.78. The maximum Gasteiger partial charge on any atom is 0.373 e. The fraction of sp³-hybridized carbons (Fsp3) is 0.400. The molecule has 0 aromatic heterocycles. The third-order valence-corrected chi connectivity index (χ3v) is 5.23. The van der Waals surface area contributed by atoms with Gasteiger partial charge < -0.3 is 14.6 Å². The number of ether oxygens (including phenoxy) is 2. The number of hydrogen-bond acceptors (Lipinski definition) is 4. The molecule has 4 nitrogen and oxygen atoms in total. The first-order chi connectivity index (χ1) is 13.9. The first-order valence-corrected chi connectivity index (χ1v) is 10.2. The quantitative estimate of drug-likeness (QED) is 0.333. The highest BCUT2D eigenvalue weighted by Gasteiger charge is 2.37. The fourth-order valence-electron chi connectivity index (χ4n) is 3.28. The van der Waals surface area contributed by atoms with Crippen LogP contribution in [0.15, 0.2) is 66.4 Å². The second-order valence-electron chi connectivity index (χ2n) is 7.74. The molecule has 0 saturated carbocycles. The third-order valence-electron chi connectivity index (χ3n) is 5.23. The topological polar surface area (TPSA) is 55.8 Å². The average molecular weight is 397 g/mol. The Kier molecular flexibility index (Phi) is 8.47. The molecule has 4 heteroatoms. The molecule has 0 unspecified atom stereocenters. The largest absolute Gasteiger partial charge is 0.482 e. The fourth-order valence-corrected chi connectivity index (χ4v) is 3.28. The maximum absolute atomic E-state index is 13.0. The summed E-state index contributed by atoms with van der Waals surface area (Å²) >= 11 is 0. The van der Waals surface area contributed by atoms with E-state index in [9.17, 15) is 9.90 Å². The Morgan fingerprint density at radius 3 is 2.14 bits per heavy atom. The molecule has 0 aliphatic carbocycles. The van der Waals surface area contributed by atoms with Gasteiger partial charge in [-0.05, 0) is 30.0 Å². The minimum absolute atomic E-state index is 0.153. The average Bonchev–Trinajstić information content (AvgIpc) is 2.75. The summed E-state index contributed by atoms with van der Waals surface area (Å²) in [6, 6.07) is 19.2. The van der Waals surface area contributed by atoms with Gasteiger partial charge in [0.2, 0.25) is 5.76 Å². The number of hydrogen-bond donors (Lipinski definition) is 1. The molecule has 0 saturated heterocycles. The van der Waals surface area contributed by atoms with E-state index in [-0.39, 0.29) is 12.4 Å². The van der Waals surface area contributed by atoms with Crippen molar-refractivity contribution in [1.29, 1.82) is 0 Å². The van der Waals surface area contributed by atoms with Gasteiger partial charge in [-0.2, -0.15) is 0 Å². The van der Waals surface area contributed by atoms with E-state index >= 15 is 0 Å². The molecule has 0 aliphatic rings. The molecule has 2 aromatic carbocycles. The number of esters is 1. The first kappa shape index (κ1) is 22.7. The zero-order chi connectivity index (χ0) is 21.3. The summed E-state index contributed by atoms with van der Waals surface area (Å²) in [7, 11) is 0. The lowest BCUT2D eigenvalue weighted by Gasteiger charge is -2.37. The van der Waals surface area contributed by atoms with Crippen LogP contribution in [0.25, 0.3) is 6.08 Å². The predicted molar refractivity (Wildman–Crippen MR) is 116 cm³/mol. The first-order valence-electron chi connectivity index (χ1n) is 10.2. The smallest absolute Gasteiger partial charge is 0.373 e. The number of carbonyl (C=O) groups excluding carboxylic acids is 1. The zero-order valence-corrected chi connectivity index (χ0v) is 17.8. The Hall–Kier alpha value is -2.59. The van der Waals surface area contributed by atoms with Crippen molar-refractivity contribution in [2.45, 2.75) is 59.4 Å². The van der Waals surface area contributed by atoms with Gasteiger partial charge in [0.25, 0.3) is 0 Å². The number of benzene rings is 2. The monoisotopic (exact) mass is 396 g/mol. The molecule has 0 heterocycles. The number of carbonyl (C=O) groups is 1. The van der Waals surface area contributed by atoms with Crippen molar-refractivity contribution in [1.82, 2.24) is 0 Å². The van der Waals surface area contributed by atoms with E-state index in [1.165, 1.54) is 0 Å². The van der Waals surface area contributed by atoms with E-state index in [0.717, 1.165) is 11.1 Å². The highest BCUT2D eigenvalue weighted by atomic mass is 16.6. The van der Waals surface area contributed by atoms with Crippen LogP contribution in [0.1, 0.15) is 51.7 Å². The van der Waals surface area contributed by atoms with Crippen LogP contribution in [-0.4, -0.2) is 23.3 Å². The van der Waals surface area contributed by atoms with Crippen molar-refractivity contribution in [3.8, 4) is 0 Å². The molecule has 0 spiro atoms. The van der Waals surface area contributed by atoms with Crippen molar-refractivity contribution in [2.24, 2.45) is 5.41 Å². The molecule has 156 valence electrons. The summed E-state index contributed by atoms with van der Waals surface area (Å²) in [6.45, 7) is 7.99. The lowest BCUT2D eigenvalue weighted by molar-refractivity contribution is -0.160. The van der Waals surface area contributed by atoms with E-state index in [4.69, 9.17) is 9.47 Å². The molecule has 0 amide bonds. The van der Waals surface area contributed by atoms with Crippen LogP contribution in [-0.2, 0) is 20.9 Å². The van der Waals surface area contributed by atoms with Gasteiger partial charge in [-0.1, -0.05) is 88.4 Å². The van der Waals surface area contributed by atoms with E-state index in [2.05, 4.69) is 0 Å². The Bertz CT molecular complexity index is 781. The van der Waals surface area contributed by atoms with Gasteiger partial charge in [-0.25, -0.2) is 4.79 Å². The van der Waals surface area contributed by atoms with Gasteiger partial charge >= 0.3 is 5.97 Å². The molecule has 0 radical (unpaired) electrons. The highest BCUT2D eigenvalue weighted by Crippen LogP contribution is 2.32. The van der Waals surface area contributed by atoms with E-state index < -0.39 is 23.6 Å². The predicted octanol–water partition coefficient (Wildman–Crippen LogP) is 5.36. The van der Waals surface area contributed by atoms with Crippen LogP contribution < -0.4 is 0 Å². The summed E-state index contributed by atoms with van der Waals surface area (Å²) in [5, 5.41) is 10.4. The van der Waals surface area contributed by atoms with Gasteiger partial charge in [-0.3, -0.25) is 0 Å². The molecule has 2 aromatic rings. The lowest BCUT2D eigenvalue weighted by Crippen LogP contribution is -2.42. The summed E-state index contributed by atoms with van der Waals surface area (Å²) in [4.78, 5) is 13.0. The second kappa shape index (κ2) is 10.8. The summed E-state index contributed by atoms with van der Waals surface area (Å²) in [5.74, 6) is -0.367. The van der Waals surface area contributed by atoms with Crippen LogP contribution in [0.5, 0.6) is 0 Å². The van der Waals surface area contributed by atoms with Gasteiger partial charge in [0.05, 0.1) is 6.10 Å². The van der Waals surface area contributed by atoms with Crippen molar-refractivity contribution in [3.63, 3.8) is 0 Å². The van der Waals surface area contributed by atoms with Crippen LogP contribution in [0.3, 0.4) is 0 Å². The number of aliphatic hydroxyl groups excluding tert-OH is 1. The Morgan fingerprint density at radius 2 is 1.59 bits per heavy atom. The summed E-state index contributed by atoms with van der Waals surface area (Å²) < 4.78 is 11.7. The third kappa shape index (κ3) is 6.47. The Labute approximate surface area is 174 Å². The standard InChI is InChI=1S/C25H32O4/c1-5-22(26)25(3,4)23(6-2)29-24(27)21(17-19-13-9-7-10-14-19)28-18-20-15-11-8-12-16-20/h7-17,22-23,26H,5-6,18H2,1-4H3/t22-,23+/m0/s1. The van der Waals surface area contributed by atoms with E-state index in [0.29, 0.717) is 12.8 Å². The molecular weight excluding hydrogens is 364 g/mol. The van der Waals surface area contributed by atoms with Crippen molar-refractivity contribution in [3.05, 3.63) is 77.5 Å². The van der Waals surface area contributed by atoms with Crippen molar-refractivity contribution >= 4 is 12.0 Å². The summed E-state index contributed by atoms with van der Waals surface area (Å²) in [5.41, 5.74) is 1.26. The van der Waals surface area contributed by atoms with Crippen LogP contribution >= 0.6 is 0 Å². The Balaban J connectivity index is 2.22. The molecule has 0 aliphatic heterocycles. The molecule has 29 heavy (non-hydrogen) atoms. The zero-order valence-electron chi connectivity index (χ0n) is 17.8. The van der Waals surface area contributed by atoms with Gasteiger partial charge in [0.1, 0.15) is 12.7 Å². The molecule has 0 bridgehead atoms. The Morgan fingerprint density at radius 1 is 1.00 bits per heavy atom. The maximum atomic E-state index is 13.0. The number of rotatable bonds is 10. The van der Waals surface area contributed by atoms with E-state index in [1.807, 2.05) is 88.4 Å². The van der Waals surface area contributed by atoms with Crippen LogP contribution in [0.2, 0.25) is 0 Å². The van der Waals surface area contributed by atoms with Gasteiger partial charge in [-0.15, -0.1) is 0 Å². The number of aliphatic hydroxyl groups is 1. The minimum atomic E-state index is -0.563. The molecule has 0 fully saturated rings. The van der Waals surface area contributed by atoms with E-state index in [1.54, 1.807) is 6.08 Å². The van der Waals surface area contributed by atoms with Crippen LogP contribution in [0.4, 0.5) is 0 Å². The molecule has 2 rings (SSSR count). The molecular formula is C25H32O4. The normalized spacial score (nSPS) is 14.2. The van der Waals surface area contributed by atoms with Crippen molar-refractivity contribution < 1.29 is 19.4 Å². The highest BCUT2D eigenvalue weighted by molar-refractivity contribution is 5.91. The van der Waals surface area contributed by atoms with Crippen LogP contribution in [0, 0.1) is 5.41 Å². The second-order valence-corrected chi connectivity index (χ2v) is 7.74. The minimum Gasteiger partial charge on any atom is -0.482 e. The van der Waals surface area contributed by atoms with Gasteiger partial charge in [0, 0.05) is 5.41 Å². The van der Waals surface area contributed by atoms with Crippen molar-refractivity contribution in [2.75, 3.05) is 0 Å². The summed E-state index contributed by atoms with van der Waals surface area (Å²) in [6.07, 6.45) is 1.91. The molecule has 2 atom stereocenters.